The van der Waals surface area contributed by atoms with E-state index in [0.717, 1.165) is 0 Å². The normalized spacial score (nSPS) is 11.8. The van der Waals surface area contributed by atoms with E-state index in [2.05, 4.69) is 20.8 Å². The summed E-state index contributed by atoms with van der Waals surface area (Å²) in [6, 6.07) is 11.7. The van der Waals surface area contributed by atoms with Crippen LogP contribution >= 0.6 is 23.1 Å². The largest absolute Gasteiger partial charge is 0.330 e. The molecule has 2 N–H and O–H groups in total. The summed E-state index contributed by atoms with van der Waals surface area (Å²) < 4.78 is 27.0. The molecule has 26 heavy (non-hydrogen) atoms. The van der Waals surface area contributed by atoms with E-state index >= 15 is 0 Å². The molecular weight excluding hydrogens is 378 g/mol. The van der Waals surface area contributed by atoms with Crippen LogP contribution in [0.3, 0.4) is 0 Å². The van der Waals surface area contributed by atoms with Crippen LogP contribution in [0, 0.1) is 11.6 Å². The fourth-order valence-electron chi connectivity index (χ4n) is 2.01. The van der Waals surface area contributed by atoms with Gasteiger partial charge >= 0.3 is 0 Å². The number of anilines is 3. The fourth-order valence-corrected chi connectivity index (χ4v) is 3.93. The standard InChI is InChI=1S/C17H14F2N4OS2/c1-10(15(24)20-13-6-2-4-11(18)8-13)25-17-23-22-16(26-17)21-14-7-3-5-12(19)9-14/h2-10H,1H3,(H,20,24)(H,21,22)/t10-/m0/s1. The molecule has 0 bridgehead atoms. The van der Waals surface area contributed by atoms with Crippen LogP contribution in [-0.2, 0) is 4.79 Å². The second-order valence-corrected chi connectivity index (χ2v) is 7.83. The Hall–Kier alpha value is -2.52. The number of halogens is 2. The highest BCUT2D eigenvalue weighted by Crippen LogP contribution is 2.31. The highest BCUT2D eigenvalue weighted by molar-refractivity contribution is 8.02. The van der Waals surface area contributed by atoms with Crippen LogP contribution in [0.2, 0.25) is 0 Å². The number of carbonyl (C=O) groups is 1. The van der Waals surface area contributed by atoms with E-state index in [9.17, 15) is 13.6 Å². The molecule has 0 aliphatic carbocycles. The SMILES string of the molecule is C[C@H](Sc1nnc(Nc2cccc(F)c2)s1)C(=O)Nc1cccc(F)c1. The Balaban J connectivity index is 1.58. The molecule has 134 valence electrons. The number of hydrogen-bond donors (Lipinski definition) is 2. The molecule has 0 saturated carbocycles. The number of hydrogen-bond acceptors (Lipinski definition) is 6. The van der Waals surface area contributed by atoms with E-state index in [1.807, 2.05) is 0 Å². The van der Waals surface area contributed by atoms with Gasteiger partial charge in [0.1, 0.15) is 11.6 Å². The Morgan fingerprint density at radius 2 is 1.73 bits per heavy atom. The molecule has 1 amide bonds. The van der Waals surface area contributed by atoms with Gasteiger partial charge in [-0.25, -0.2) is 8.78 Å². The van der Waals surface area contributed by atoms with Gasteiger partial charge < -0.3 is 10.6 Å². The summed E-state index contributed by atoms with van der Waals surface area (Å²) in [4.78, 5) is 12.2. The molecule has 1 atom stereocenters. The number of thioether (sulfide) groups is 1. The molecule has 0 spiro atoms. The van der Waals surface area contributed by atoms with E-state index in [1.165, 1.54) is 53.4 Å². The summed E-state index contributed by atoms with van der Waals surface area (Å²) >= 11 is 2.49. The van der Waals surface area contributed by atoms with Gasteiger partial charge in [-0.2, -0.15) is 0 Å². The lowest BCUT2D eigenvalue weighted by atomic mass is 10.3. The predicted molar refractivity (Wildman–Crippen MR) is 99.9 cm³/mol. The molecule has 0 saturated heterocycles. The summed E-state index contributed by atoms with van der Waals surface area (Å²) in [6.45, 7) is 1.72. The molecule has 2 aromatic carbocycles. The van der Waals surface area contributed by atoms with E-state index in [1.54, 1.807) is 25.1 Å². The van der Waals surface area contributed by atoms with Crippen LogP contribution < -0.4 is 10.6 Å². The minimum absolute atomic E-state index is 0.268. The average Bonchev–Trinajstić information content (AvgIpc) is 3.01. The van der Waals surface area contributed by atoms with Crippen LogP contribution in [0.4, 0.5) is 25.3 Å². The number of carbonyl (C=O) groups excluding carboxylic acids is 1. The molecule has 1 heterocycles. The van der Waals surface area contributed by atoms with Crippen LogP contribution in [0.1, 0.15) is 6.92 Å². The highest BCUT2D eigenvalue weighted by Gasteiger charge is 2.17. The summed E-state index contributed by atoms with van der Waals surface area (Å²) in [5.41, 5.74) is 0.961. The average molecular weight is 392 g/mol. The van der Waals surface area contributed by atoms with Crippen molar-refractivity contribution in [3.8, 4) is 0 Å². The number of amides is 1. The Morgan fingerprint density at radius 1 is 1.08 bits per heavy atom. The molecule has 1 aromatic heterocycles. The van der Waals surface area contributed by atoms with Gasteiger partial charge in [0.15, 0.2) is 4.34 Å². The molecule has 0 radical (unpaired) electrons. The number of nitrogens with one attached hydrogen (secondary N) is 2. The van der Waals surface area contributed by atoms with Gasteiger partial charge in [0, 0.05) is 11.4 Å². The van der Waals surface area contributed by atoms with Crippen LogP contribution in [0.25, 0.3) is 0 Å². The summed E-state index contributed by atoms with van der Waals surface area (Å²) in [5, 5.41) is 13.7. The van der Waals surface area contributed by atoms with E-state index in [0.29, 0.717) is 20.8 Å². The Labute approximate surface area is 156 Å². The second-order valence-electron chi connectivity index (χ2n) is 5.27. The first-order valence-corrected chi connectivity index (χ1v) is 9.28. The first-order valence-electron chi connectivity index (χ1n) is 7.59. The third-order valence-electron chi connectivity index (χ3n) is 3.22. The van der Waals surface area contributed by atoms with Crippen molar-refractivity contribution in [2.75, 3.05) is 10.6 Å². The maximum absolute atomic E-state index is 13.2. The third kappa shape index (κ3) is 4.99. The lowest BCUT2D eigenvalue weighted by Gasteiger charge is -2.10. The van der Waals surface area contributed by atoms with Crippen molar-refractivity contribution in [2.24, 2.45) is 0 Å². The van der Waals surface area contributed by atoms with Gasteiger partial charge in [0.2, 0.25) is 11.0 Å². The molecule has 3 aromatic rings. The number of benzene rings is 2. The minimum atomic E-state index is -0.451. The number of nitrogens with zero attached hydrogens (tertiary/aromatic N) is 2. The van der Waals surface area contributed by atoms with Crippen molar-refractivity contribution in [1.29, 1.82) is 0 Å². The molecule has 0 unspecified atom stereocenters. The van der Waals surface area contributed by atoms with Crippen molar-refractivity contribution in [2.45, 2.75) is 16.5 Å². The van der Waals surface area contributed by atoms with Crippen molar-refractivity contribution >= 4 is 45.5 Å². The van der Waals surface area contributed by atoms with Gasteiger partial charge in [-0.05, 0) is 43.3 Å². The van der Waals surface area contributed by atoms with E-state index in [4.69, 9.17) is 0 Å². The smallest absolute Gasteiger partial charge is 0.237 e. The first kappa shape index (κ1) is 18.3. The lowest BCUT2D eigenvalue weighted by molar-refractivity contribution is -0.115. The fraction of sp³-hybridized carbons (Fsp3) is 0.118. The molecule has 5 nitrogen and oxygen atoms in total. The van der Waals surface area contributed by atoms with Crippen molar-refractivity contribution < 1.29 is 13.6 Å². The maximum atomic E-state index is 13.2. The third-order valence-corrected chi connectivity index (χ3v) is 5.24. The molecule has 0 aliphatic rings. The van der Waals surface area contributed by atoms with Gasteiger partial charge in [-0.15, -0.1) is 10.2 Å². The van der Waals surface area contributed by atoms with E-state index in [-0.39, 0.29) is 11.7 Å². The maximum Gasteiger partial charge on any atom is 0.237 e. The highest BCUT2D eigenvalue weighted by atomic mass is 32.2. The van der Waals surface area contributed by atoms with Crippen molar-refractivity contribution in [3.63, 3.8) is 0 Å². The van der Waals surface area contributed by atoms with Crippen LogP contribution in [0.5, 0.6) is 0 Å². The van der Waals surface area contributed by atoms with E-state index < -0.39 is 11.1 Å². The van der Waals surface area contributed by atoms with Gasteiger partial charge in [0.05, 0.1) is 5.25 Å². The minimum Gasteiger partial charge on any atom is -0.330 e. The predicted octanol–water partition coefficient (Wildman–Crippen LogP) is 4.68. The molecular formula is C17H14F2N4OS2. The molecule has 9 heteroatoms. The number of aromatic nitrogens is 2. The summed E-state index contributed by atoms with van der Waals surface area (Å²) in [6.07, 6.45) is 0. The zero-order chi connectivity index (χ0) is 18.5. The molecule has 0 aliphatic heterocycles. The Morgan fingerprint density at radius 3 is 2.42 bits per heavy atom. The summed E-state index contributed by atoms with van der Waals surface area (Å²) in [7, 11) is 0. The zero-order valence-corrected chi connectivity index (χ0v) is 15.2. The topological polar surface area (TPSA) is 66.9 Å². The van der Waals surface area contributed by atoms with Crippen LogP contribution in [-0.4, -0.2) is 21.4 Å². The van der Waals surface area contributed by atoms with Crippen molar-refractivity contribution in [1.82, 2.24) is 10.2 Å². The van der Waals surface area contributed by atoms with Gasteiger partial charge in [-0.1, -0.05) is 35.2 Å². The second kappa shape index (κ2) is 8.24. The number of rotatable bonds is 6. The van der Waals surface area contributed by atoms with Gasteiger partial charge in [0.25, 0.3) is 0 Å². The monoisotopic (exact) mass is 392 g/mol. The molecule has 0 fully saturated rings. The Kier molecular flexibility index (Phi) is 5.79. The Bertz CT molecular complexity index is 919. The lowest BCUT2D eigenvalue weighted by Crippen LogP contribution is -2.22. The summed E-state index contributed by atoms with van der Waals surface area (Å²) in [5.74, 6) is -1.03. The quantitative estimate of drug-likeness (QED) is 0.596. The molecule has 3 rings (SSSR count). The first-order chi connectivity index (χ1) is 12.5. The van der Waals surface area contributed by atoms with Crippen LogP contribution in [0.15, 0.2) is 52.9 Å². The zero-order valence-electron chi connectivity index (χ0n) is 13.6. The van der Waals surface area contributed by atoms with Gasteiger partial charge in [-0.3, -0.25) is 4.79 Å². The van der Waals surface area contributed by atoms with Crippen molar-refractivity contribution in [3.05, 3.63) is 60.2 Å².